The third-order valence-electron chi connectivity index (χ3n) is 2.70. The van der Waals surface area contributed by atoms with Crippen LogP contribution >= 0.6 is 11.8 Å². The van der Waals surface area contributed by atoms with Crippen molar-refractivity contribution in [2.24, 2.45) is 0 Å². The fourth-order valence-corrected chi connectivity index (χ4v) is 2.15. The van der Waals surface area contributed by atoms with E-state index < -0.39 is 29.7 Å². The van der Waals surface area contributed by atoms with Crippen molar-refractivity contribution in [2.45, 2.75) is 29.8 Å². The number of aliphatic hydroxyl groups is 2. The summed E-state index contributed by atoms with van der Waals surface area (Å²) in [7, 11) is 0. The summed E-state index contributed by atoms with van der Waals surface area (Å²) >= 11 is 1.17. The van der Waals surface area contributed by atoms with Gasteiger partial charge in [0.2, 0.25) is 6.29 Å². The zero-order valence-corrected chi connectivity index (χ0v) is 10.9. The number of nitrogens with one attached hydrogen (secondary N) is 1. The fraction of sp³-hybridized carbons (Fsp3) is 0.600. The molecule has 0 saturated carbocycles. The molecule has 1 aromatic heterocycles. The van der Waals surface area contributed by atoms with Crippen LogP contribution in [0.3, 0.4) is 0 Å². The minimum atomic E-state index is -0.856. The minimum Gasteiger partial charge on any atom is -0.394 e. The topological polar surface area (TPSA) is 114 Å². The van der Waals surface area contributed by atoms with E-state index in [1.165, 1.54) is 18.0 Å². The van der Waals surface area contributed by atoms with E-state index >= 15 is 0 Å². The van der Waals surface area contributed by atoms with Crippen molar-refractivity contribution in [2.75, 3.05) is 12.9 Å². The van der Waals surface area contributed by atoms with Gasteiger partial charge in [-0.05, 0) is 6.26 Å². The highest BCUT2D eigenvalue weighted by Crippen LogP contribution is 2.19. The van der Waals surface area contributed by atoms with Crippen LogP contribution in [0.4, 0.5) is 0 Å². The fourth-order valence-electron chi connectivity index (χ4n) is 1.71. The van der Waals surface area contributed by atoms with Crippen LogP contribution in [0.1, 0.15) is 6.42 Å². The maximum Gasteiger partial charge on any atom is 0.361 e. The molecular formula is C10H14N2O6S. The number of thioether (sulfide) groups is 1. The number of nitrogens with zero attached hydrogens (tertiary/aromatic N) is 1. The Bertz CT molecular complexity index is 556. The highest BCUT2D eigenvalue weighted by Gasteiger charge is 2.35. The maximum atomic E-state index is 11.5. The molecule has 0 spiro atoms. The first-order valence-electron chi connectivity index (χ1n) is 5.56. The van der Waals surface area contributed by atoms with Gasteiger partial charge in [-0.15, -0.1) is 16.5 Å². The number of aliphatic hydroxyl groups excluding tert-OH is 2. The predicted molar refractivity (Wildman–Crippen MR) is 66.1 cm³/mol. The summed E-state index contributed by atoms with van der Waals surface area (Å²) in [5, 5.41) is 18.5. The van der Waals surface area contributed by atoms with Crippen LogP contribution in [-0.2, 0) is 4.74 Å². The van der Waals surface area contributed by atoms with E-state index in [2.05, 4.69) is 4.98 Å². The maximum absolute atomic E-state index is 11.5. The smallest absolute Gasteiger partial charge is 0.361 e. The molecule has 1 unspecified atom stereocenters. The van der Waals surface area contributed by atoms with Gasteiger partial charge in [0.15, 0.2) is 0 Å². The molecular weight excluding hydrogens is 276 g/mol. The third kappa shape index (κ3) is 3.00. The summed E-state index contributed by atoms with van der Waals surface area (Å²) < 4.78 is 6.06. The van der Waals surface area contributed by atoms with E-state index in [1.807, 2.05) is 0 Å². The zero-order valence-electron chi connectivity index (χ0n) is 10.1. The largest absolute Gasteiger partial charge is 0.394 e. The Morgan fingerprint density at radius 3 is 2.95 bits per heavy atom. The Balaban J connectivity index is 2.16. The van der Waals surface area contributed by atoms with Crippen molar-refractivity contribution in [3.63, 3.8) is 0 Å². The van der Waals surface area contributed by atoms with Crippen LogP contribution in [0.15, 0.2) is 20.7 Å². The molecule has 0 aliphatic carbocycles. The first kappa shape index (κ1) is 14.1. The molecule has 9 heteroatoms. The highest BCUT2D eigenvalue weighted by molar-refractivity contribution is 7.98. The van der Waals surface area contributed by atoms with Crippen molar-refractivity contribution in [3.8, 4) is 0 Å². The standard InChI is InChI=1S/C10H14N2O6S/c1-19-7-3-12(10(16)11-9(7)15)18-8-2-5(14)6(4-13)17-8/h3,5-6,8,13-14H,2,4H2,1H3,(H,11,15,16)/t5?,6-,8+/m1/s1. The van der Waals surface area contributed by atoms with Gasteiger partial charge in [-0.25, -0.2) is 4.79 Å². The molecule has 1 aliphatic rings. The second-order valence-electron chi connectivity index (χ2n) is 3.98. The highest BCUT2D eigenvalue weighted by atomic mass is 32.2. The van der Waals surface area contributed by atoms with E-state index in [0.29, 0.717) is 4.90 Å². The van der Waals surface area contributed by atoms with E-state index in [-0.39, 0.29) is 13.0 Å². The summed E-state index contributed by atoms with van der Waals surface area (Å²) in [6.45, 7) is -0.336. The molecule has 0 amide bonds. The van der Waals surface area contributed by atoms with Gasteiger partial charge in [-0.1, -0.05) is 0 Å². The van der Waals surface area contributed by atoms with Crippen LogP contribution in [0.2, 0.25) is 0 Å². The Hall–Kier alpha value is -1.29. The molecule has 1 aromatic rings. The normalized spacial score (nSPS) is 26.6. The lowest BCUT2D eigenvalue weighted by molar-refractivity contribution is -0.149. The van der Waals surface area contributed by atoms with Crippen molar-refractivity contribution in [3.05, 3.63) is 27.0 Å². The molecule has 0 radical (unpaired) electrons. The SMILES string of the molecule is CSc1cn(O[C@H]2CC(O)[C@@H](CO)O2)c(=O)[nH]c1=O. The van der Waals surface area contributed by atoms with Gasteiger partial charge in [-0.2, -0.15) is 0 Å². The van der Waals surface area contributed by atoms with Crippen LogP contribution in [-0.4, -0.2) is 51.3 Å². The number of hydrogen-bond donors (Lipinski definition) is 3. The van der Waals surface area contributed by atoms with Crippen LogP contribution in [0, 0.1) is 0 Å². The van der Waals surface area contributed by atoms with E-state index in [4.69, 9.17) is 14.7 Å². The van der Waals surface area contributed by atoms with Gasteiger partial charge in [0.1, 0.15) is 6.10 Å². The number of rotatable bonds is 4. The van der Waals surface area contributed by atoms with Crippen LogP contribution < -0.4 is 16.1 Å². The Morgan fingerprint density at radius 2 is 2.37 bits per heavy atom. The van der Waals surface area contributed by atoms with Gasteiger partial charge < -0.3 is 19.8 Å². The van der Waals surface area contributed by atoms with Crippen molar-refractivity contribution < 1.29 is 19.8 Å². The summed E-state index contributed by atoms with van der Waals surface area (Å²) in [5.74, 6) is 0. The molecule has 0 bridgehead atoms. The number of hydrogen-bond acceptors (Lipinski definition) is 7. The Kier molecular flexibility index (Phi) is 4.30. The van der Waals surface area contributed by atoms with E-state index in [0.717, 1.165) is 4.73 Å². The molecule has 2 rings (SSSR count). The van der Waals surface area contributed by atoms with Crippen molar-refractivity contribution in [1.82, 2.24) is 9.71 Å². The molecule has 0 aromatic carbocycles. The molecule has 2 heterocycles. The Labute approximate surface area is 111 Å². The molecule has 1 fully saturated rings. The van der Waals surface area contributed by atoms with Gasteiger partial charge >= 0.3 is 5.69 Å². The number of aromatic nitrogens is 2. The van der Waals surface area contributed by atoms with Gasteiger partial charge in [-0.3, -0.25) is 9.78 Å². The van der Waals surface area contributed by atoms with E-state index in [1.54, 1.807) is 6.26 Å². The average molecular weight is 290 g/mol. The first-order chi connectivity index (χ1) is 9.05. The summed E-state index contributed by atoms with van der Waals surface area (Å²) in [5.41, 5.74) is -1.22. The average Bonchev–Trinajstić information content (AvgIpc) is 2.73. The van der Waals surface area contributed by atoms with Crippen molar-refractivity contribution in [1.29, 1.82) is 0 Å². The van der Waals surface area contributed by atoms with E-state index in [9.17, 15) is 14.7 Å². The predicted octanol–water partition coefficient (Wildman–Crippen LogP) is -1.84. The monoisotopic (exact) mass is 290 g/mol. The summed E-state index contributed by atoms with van der Waals surface area (Å²) in [6.07, 6.45) is 0.637. The van der Waals surface area contributed by atoms with Crippen molar-refractivity contribution >= 4 is 11.8 Å². The lowest BCUT2D eigenvalue weighted by Crippen LogP contribution is -2.38. The molecule has 1 aliphatic heterocycles. The van der Waals surface area contributed by atoms with Crippen LogP contribution in [0.5, 0.6) is 0 Å². The minimum absolute atomic E-state index is 0.130. The molecule has 8 nitrogen and oxygen atoms in total. The van der Waals surface area contributed by atoms with Gasteiger partial charge in [0.05, 0.1) is 23.8 Å². The quantitative estimate of drug-likeness (QED) is 0.558. The second kappa shape index (κ2) is 5.78. The zero-order chi connectivity index (χ0) is 14.0. The third-order valence-corrected chi connectivity index (χ3v) is 3.43. The number of H-pyrrole nitrogens is 1. The molecule has 19 heavy (non-hydrogen) atoms. The second-order valence-corrected chi connectivity index (χ2v) is 4.83. The van der Waals surface area contributed by atoms with Crippen LogP contribution in [0.25, 0.3) is 0 Å². The lowest BCUT2D eigenvalue weighted by Gasteiger charge is -2.14. The lowest BCUT2D eigenvalue weighted by atomic mass is 10.2. The summed E-state index contributed by atoms with van der Waals surface area (Å²) in [6, 6.07) is 0. The molecule has 3 atom stereocenters. The van der Waals surface area contributed by atoms with Gasteiger partial charge in [0.25, 0.3) is 5.56 Å². The molecule has 3 N–H and O–H groups in total. The molecule has 106 valence electrons. The summed E-state index contributed by atoms with van der Waals surface area (Å²) in [4.78, 5) is 30.6. The van der Waals surface area contributed by atoms with Gasteiger partial charge in [0, 0.05) is 6.42 Å². The Morgan fingerprint density at radius 1 is 1.63 bits per heavy atom. The number of ether oxygens (including phenoxy) is 1. The first-order valence-corrected chi connectivity index (χ1v) is 6.79. The molecule has 1 saturated heterocycles. The number of aromatic amines is 1.